The summed E-state index contributed by atoms with van der Waals surface area (Å²) in [5, 5.41) is 5.66. The molecular formula is C40H49N5O5. The summed E-state index contributed by atoms with van der Waals surface area (Å²) in [5.41, 5.74) is 9.77. The third-order valence-corrected chi connectivity index (χ3v) is 11.0. The van der Waals surface area contributed by atoms with Crippen molar-refractivity contribution in [1.29, 1.82) is 0 Å². The van der Waals surface area contributed by atoms with Crippen LogP contribution in [-0.4, -0.2) is 72.4 Å². The number of likely N-dealkylation sites (N-methyl/N-ethyl adjacent to an activating group) is 1. The van der Waals surface area contributed by atoms with E-state index in [-0.39, 0.29) is 30.0 Å². The number of H-pyrrole nitrogens is 3. The summed E-state index contributed by atoms with van der Waals surface area (Å²) < 4.78 is 10.4. The van der Waals surface area contributed by atoms with Gasteiger partial charge in [-0.3, -0.25) is 14.4 Å². The van der Waals surface area contributed by atoms with Crippen LogP contribution < -0.4 is 16.0 Å². The van der Waals surface area contributed by atoms with E-state index in [9.17, 15) is 14.4 Å². The number of nitrogens with one attached hydrogen (secondary N) is 4. The summed E-state index contributed by atoms with van der Waals surface area (Å²) in [4.78, 5) is 53.8. The first-order valence-electron chi connectivity index (χ1n) is 17.4. The van der Waals surface area contributed by atoms with Gasteiger partial charge in [-0.15, -0.1) is 0 Å². The molecule has 1 saturated heterocycles. The maximum Gasteiger partial charge on any atom is 0.324 e. The number of aromatic nitrogens is 3. The van der Waals surface area contributed by atoms with E-state index < -0.39 is 11.4 Å². The number of ketones is 1. The Labute approximate surface area is 293 Å². The SMILES string of the molecule is CCc1c(C)c2[nH]c1=Cc1[nH]c3c(c1C)C(=O)C(C)(C(=O)OC)C3=C1NC(=Cc3[nH]c(c(/C=C/CN(C)C)c3C)C=2)C(C)C1CCC(=O)OC. The highest BCUT2D eigenvalue weighted by Crippen LogP contribution is 2.53. The lowest BCUT2D eigenvalue weighted by Crippen LogP contribution is -2.36. The molecule has 3 aliphatic rings. The largest absolute Gasteiger partial charge is 0.469 e. The van der Waals surface area contributed by atoms with E-state index in [0.717, 1.165) is 74.4 Å². The van der Waals surface area contributed by atoms with Crippen LogP contribution in [0.5, 0.6) is 0 Å². The van der Waals surface area contributed by atoms with E-state index in [0.29, 0.717) is 23.3 Å². The quantitative estimate of drug-likeness (QED) is 0.202. The van der Waals surface area contributed by atoms with Crippen molar-refractivity contribution in [3.63, 3.8) is 0 Å². The van der Waals surface area contributed by atoms with E-state index in [4.69, 9.17) is 9.47 Å². The summed E-state index contributed by atoms with van der Waals surface area (Å²) in [6, 6.07) is 0. The number of hydrogen-bond acceptors (Lipinski definition) is 7. The highest BCUT2D eigenvalue weighted by atomic mass is 16.5. The molecule has 264 valence electrons. The molecule has 10 heteroatoms. The molecular weight excluding hydrogens is 630 g/mol. The zero-order chi connectivity index (χ0) is 36.2. The van der Waals surface area contributed by atoms with Gasteiger partial charge in [-0.2, -0.15) is 0 Å². The van der Waals surface area contributed by atoms with Crippen LogP contribution >= 0.6 is 0 Å². The molecule has 2 aliphatic heterocycles. The number of aromatic amines is 3. The number of carbonyl (C=O) groups excluding carboxylic acids is 3. The Bertz CT molecular complexity index is 2130. The van der Waals surface area contributed by atoms with Gasteiger partial charge in [0, 0.05) is 80.7 Å². The maximum absolute atomic E-state index is 14.5. The highest BCUT2D eigenvalue weighted by Gasteiger charge is 2.57. The smallest absolute Gasteiger partial charge is 0.324 e. The predicted octanol–water partition coefficient (Wildman–Crippen LogP) is 4.64. The van der Waals surface area contributed by atoms with E-state index in [1.54, 1.807) is 6.92 Å². The Hall–Kier alpha value is -4.83. The zero-order valence-corrected chi connectivity index (χ0v) is 30.9. The van der Waals surface area contributed by atoms with Gasteiger partial charge >= 0.3 is 11.9 Å². The number of Topliss-reactive ketones (excluding diaryl/α,β-unsaturated/α-hetero) is 1. The molecule has 1 fully saturated rings. The van der Waals surface area contributed by atoms with Crippen LogP contribution in [-0.2, 0) is 25.5 Å². The van der Waals surface area contributed by atoms with Gasteiger partial charge in [-0.05, 0) is 95.1 Å². The lowest BCUT2D eigenvalue weighted by atomic mass is 9.77. The van der Waals surface area contributed by atoms with Gasteiger partial charge in [0.1, 0.15) is 0 Å². The highest BCUT2D eigenvalue weighted by molar-refractivity contribution is 6.28. The first-order valence-corrected chi connectivity index (χ1v) is 17.4. The van der Waals surface area contributed by atoms with Crippen LogP contribution in [0.3, 0.4) is 0 Å². The Morgan fingerprint density at radius 1 is 0.940 bits per heavy atom. The molecule has 0 amide bonds. The summed E-state index contributed by atoms with van der Waals surface area (Å²) in [6.07, 6.45) is 12.2. The van der Waals surface area contributed by atoms with E-state index >= 15 is 0 Å². The van der Waals surface area contributed by atoms with Crippen molar-refractivity contribution < 1.29 is 23.9 Å². The van der Waals surface area contributed by atoms with Gasteiger partial charge in [-0.25, -0.2) is 0 Å². The van der Waals surface area contributed by atoms with E-state index in [1.807, 2.05) is 21.0 Å². The first-order chi connectivity index (χ1) is 23.8. The minimum atomic E-state index is -1.59. The van der Waals surface area contributed by atoms with Gasteiger partial charge in [0.2, 0.25) is 0 Å². The van der Waals surface area contributed by atoms with Crippen LogP contribution in [0.25, 0.3) is 29.9 Å². The molecule has 50 heavy (non-hydrogen) atoms. The maximum atomic E-state index is 14.5. The number of esters is 2. The molecule has 1 aliphatic carbocycles. The first kappa shape index (κ1) is 35.0. The second-order valence-corrected chi connectivity index (χ2v) is 14.2. The van der Waals surface area contributed by atoms with Crippen LogP contribution in [0, 0.1) is 38.0 Å². The van der Waals surface area contributed by atoms with Gasteiger partial charge in [0.05, 0.1) is 19.9 Å². The lowest BCUT2D eigenvalue weighted by Gasteiger charge is -2.26. The molecule has 10 nitrogen and oxygen atoms in total. The van der Waals surface area contributed by atoms with Crippen molar-refractivity contribution in [1.82, 2.24) is 25.2 Å². The van der Waals surface area contributed by atoms with Gasteiger partial charge in [0.25, 0.3) is 0 Å². The second-order valence-electron chi connectivity index (χ2n) is 14.2. The average molecular weight is 680 g/mol. The zero-order valence-electron chi connectivity index (χ0n) is 30.9. The number of carbonyl (C=O) groups is 3. The van der Waals surface area contributed by atoms with Crippen LogP contribution in [0.4, 0.5) is 0 Å². The molecule has 6 rings (SSSR count). The molecule has 5 heterocycles. The number of fused-ring (bicyclic) bond motifs is 7. The Morgan fingerprint density at radius 2 is 1.64 bits per heavy atom. The molecule has 8 bridgehead atoms. The normalized spacial score (nSPS) is 21.0. The topological polar surface area (TPSA) is 132 Å². The van der Waals surface area contributed by atoms with Gasteiger partial charge in [-0.1, -0.05) is 26.0 Å². The van der Waals surface area contributed by atoms with Crippen molar-refractivity contribution >= 4 is 47.6 Å². The fourth-order valence-corrected chi connectivity index (χ4v) is 8.01. The third-order valence-electron chi connectivity index (χ3n) is 11.0. The minimum absolute atomic E-state index is 0.0799. The Kier molecular flexibility index (Phi) is 9.20. The molecule has 3 atom stereocenters. The number of nitrogens with zero attached hydrogens (tertiary/aromatic N) is 1. The predicted molar refractivity (Wildman–Crippen MR) is 196 cm³/mol. The molecule has 3 unspecified atom stereocenters. The molecule has 0 spiro atoms. The Balaban J connectivity index is 1.72. The minimum Gasteiger partial charge on any atom is -0.469 e. The van der Waals surface area contributed by atoms with Crippen LogP contribution in [0.2, 0.25) is 0 Å². The third kappa shape index (κ3) is 5.50. The number of ether oxygens (including phenoxy) is 2. The van der Waals surface area contributed by atoms with Crippen LogP contribution in [0.15, 0.2) is 17.5 Å². The Morgan fingerprint density at radius 3 is 2.30 bits per heavy atom. The summed E-state index contributed by atoms with van der Waals surface area (Å²) in [7, 11) is 6.80. The van der Waals surface area contributed by atoms with Gasteiger partial charge in [0.15, 0.2) is 11.2 Å². The number of hydrogen-bond donors (Lipinski definition) is 4. The second kappa shape index (κ2) is 13.1. The van der Waals surface area contributed by atoms with Crippen molar-refractivity contribution in [3.05, 3.63) is 84.3 Å². The van der Waals surface area contributed by atoms with Crippen molar-refractivity contribution in [3.8, 4) is 0 Å². The molecule has 3 aromatic heterocycles. The number of allylic oxidation sites excluding steroid dienone is 2. The molecule has 0 saturated carbocycles. The van der Waals surface area contributed by atoms with Gasteiger partial charge < -0.3 is 34.6 Å². The average Bonchev–Trinajstić information content (AvgIpc) is 3.80. The molecule has 0 radical (unpaired) electrons. The summed E-state index contributed by atoms with van der Waals surface area (Å²) in [5.74, 6) is -1.54. The van der Waals surface area contributed by atoms with Crippen molar-refractivity contribution in [2.24, 2.45) is 17.3 Å². The standard InChI is InChI=1S/C40H49N5O5/c1-11-24-20(2)28-18-32-25(13-12-16-45(7)8)21(3)27(42-32)17-29-22(4)26(14-15-33(46)49-9)36(43-29)35-37-34(38(47)40(35,6)39(48)50-10)23(5)30(44-37)19-31(24)41-28/h12-13,17-19,22,26,41-44H,11,14-16H2,1-10H3/b13-12+,28-18?,29-17?,31-19?,36-35?. The molecule has 3 aromatic rings. The molecule has 0 aromatic carbocycles. The summed E-state index contributed by atoms with van der Waals surface area (Å²) >= 11 is 0. The lowest BCUT2D eigenvalue weighted by molar-refractivity contribution is -0.146. The van der Waals surface area contributed by atoms with E-state index in [1.165, 1.54) is 19.8 Å². The fourth-order valence-electron chi connectivity index (χ4n) is 8.01. The molecule has 4 N–H and O–H groups in total. The van der Waals surface area contributed by atoms with Crippen molar-refractivity contribution in [2.45, 2.75) is 60.8 Å². The number of rotatable bonds is 8. The van der Waals surface area contributed by atoms with Crippen LogP contribution in [0.1, 0.15) is 94.6 Å². The van der Waals surface area contributed by atoms with Crippen molar-refractivity contribution in [2.75, 3.05) is 34.9 Å². The monoisotopic (exact) mass is 679 g/mol. The number of methoxy groups -OCH3 is 2. The summed E-state index contributed by atoms with van der Waals surface area (Å²) in [6.45, 7) is 12.9. The fraction of sp³-hybridized carbons (Fsp3) is 0.425. The van der Waals surface area contributed by atoms with E-state index in [2.05, 4.69) is 83.2 Å².